The molecule has 1 aromatic heterocycles. The third-order valence-electron chi connectivity index (χ3n) is 2.59. The lowest BCUT2D eigenvalue weighted by Crippen LogP contribution is -2.46. The van der Waals surface area contributed by atoms with Crippen LogP contribution < -0.4 is 10.6 Å². The normalized spacial score (nSPS) is 25.8. The number of aromatic nitrogens is 1. The molecule has 4 nitrogen and oxygen atoms in total. The smallest absolute Gasteiger partial charge is 0.153 e. The highest BCUT2D eigenvalue weighted by atomic mass is 79.9. The fourth-order valence-corrected chi connectivity index (χ4v) is 2.34. The van der Waals surface area contributed by atoms with Gasteiger partial charge in [-0.1, -0.05) is 0 Å². The van der Waals surface area contributed by atoms with Crippen LogP contribution in [-0.2, 0) is 4.74 Å². The summed E-state index contributed by atoms with van der Waals surface area (Å²) in [7, 11) is 0. The first-order chi connectivity index (χ1) is 7.56. The predicted octanol–water partition coefficient (Wildman–Crippen LogP) is 2.04. The summed E-state index contributed by atoms with van der Waals surface area (Å²) in [5, 5.41) is 0. The molecular weight excluding hydrogens is 270 g/mol. The molecule has 1 fully saturated rings. The fourth-order valence-electron chi connectivity index (χ4n) is 2.04. The largest absolute Gasteiger partial charge is 0.396 e. The first-order valence-corrected chi connectivity index (χ1v) is 6.18. The van der Waals surface area contributed by atoms with Crippen LogP contribution in [0.3, 0.4) is 0 Å². The van der Waals surface area contributed by atoms with Gasteiger partial charge >= 0.3 is 0 Å². The van der Waals surface area contributed by atoms with Crippen LogP contribution in [0.4, 0.5) is 11.5 Å². The van der Waals surface area contributed by atoms with E-state index in [1.54, 1.807) is 0 Å². The maximum atomic E-state index is 5.95. The Hall–Kier alpha value is -0.810. The molecule has 1 saturated heterocycles. The highest BCUT2D eigenvalue weighted by Crippen LogP contribution is 2.25. The molecule has 5 heteroatoms. The molecule has 1 aromatic rings. The van der Waals surface area contributed by atoms with Crippen molar-refractivity contribution >= 4 is 27.4 Å². The van der Waals surface area contributed by atoms with Gasteiger partial charge in [0, 0.05) is 13.1 Å². The second kappa shape index (κ2) is 4.59. The van der Waals surface area contributed by atoms with Crippen LogP contribution in [0.2, 0.25) is 0 Å². The van der Waals surface area contributed by atoms with E-state index in [0.717, 1.165) is 23.5 Å². The zero-order valence-corrected chi connectivity index (χ0v) is 11.1. The Labute approximate surface area is 104 Å². The average Bonchev–Trinajstić information content (AvgIpc) is 2.20. The van der Waals surface area contributed by atoms with Crippen molar-refractivity contribution in [1.29, 1.82) is 0 Å². The summed E-state index contributed by atoms with van der Waals surface area (Å²) in [5.41, 5.74) is 6.66. The van der Waals surface area contributed by atoms with Gasteiger partial charge in [0.1, 0.15) is 4.60 Å². The standard InChI is InChI=1S/C11H16BrN3O/c1-7-5-15(6-8(2)16-7)11-9(13)3-4-10(12)14-11/h3-4,7-8H,5-6,13H2,1-2H3/t7-,8+. The second-order valence-corrected chi connectivity index (χ2v) is 5.02. The van der Waals surface area contributed by atoms with E-state index in [9.17, 15) is 0 Å². The van der Waals surface area contributed by atoms with Crippen LogP contribution in [0.25, 0.3) is 0 Å². The molecule has 0 bridgehead atoms. The maximum absolute atomic E-state index is 5.95. The number of rotatable bonds is 1. The summed E-state index contributed by atoms with van der Waals surface area (Å²) >= 11 is 3.37. The summed E-state index contributed by atoms with van der Waals surface area (Å²) < 4.78 is 6.49. The molecule has 88 valence electrons. The highest BCUT2D eigenvalue weighted by Gasteiger charge is 2.24. The van der Waals surface area contributed by atoms with Crippen molar-refractivity contribution in [2.24, 2.45) is 0 Å². The summed E-state index contributed by atoms with van der Waals surface area (Å²) in [6.07, 6.45) is 0.424. The molecule has 1 aliphatic heterocycles. The fraction of sp³-hybridized carbons (Fsp3) is 0.545. The lowest BCUT2D eigenvalue weighted by atomic mass is 10.2. The van der Waals surface area contributed by atoms with Gasteiger partial charge in [0.05, 0.1) is 17.9 Å². The summed E-state index contributed by atoms with van der Waals surface area (Å²) in [4.78, 5) is 6.61. The molecule has 2 rings (SSSR count). The van der Waals surface area contributed by atoms with Crippen LogP contribution in [0.5, 0.6) is 0 Å². The molecule has 0 unspecified atom stereocenters. The van der Waals surface area contributed by atoms with Crippen LogP contribution in [0, 0.1) is 0 Å². The van der Waals surface area contributed by atoms with Crippen LogP contribution in [-0.4, -0.2) is 30.3 Å². The molecule has 2 heterocycles. The number of ether oxygens (including phenoxy) is 1. The van der Waals surface area contributed by atoms with Crippen molar-refractivity contribution in [3.05, 3.63) is 16.7 Å². The topological polar surface area (TPSA) is 51.4 Å². The molecule has 2 N–H and O–H groups in total. The van der Waals surface area contributed by atoms with E-state index >= 15 is 0 Å². The molecule has 16 heavy (non-hydrogen) atoms. The quantitative estimate of drug-likeness (QED) is 0.803. The third kappa shape index (κ3) is 2.47. The zero-order valence-electron chi connectivity index (χ0n) is 9.48. The monoisotopic (exact) mass is 285 g/mol. The minimum Gasteiger partial charge on any atom is -0.396 e. The number of pyridine rings is 1. The van der Waals surface area contributed by atoms with E-state index < -0.39 is 0 Å². The van der Waals surface area contributed by atoms with Crippen molar-refractivity contribution in [2.75, 3.05) is 23.7 Å². The molecule has 1 aliphatic rings. The van der Waals surface area contributed by atoms with E-state index in [1.807, 2.05) is 12.1 Å². The summed E-state index contributed by atoms with van der Waals surface area (Å²) in [5.74, 6) is 0.844. The van der Waals surface area contributed by atoms with Crippen molar-refractivity contribution in [1.82, 2.24) is 4.98 Å². The number of nitrogens with two attached hydrogens (primary N) is 1. The van der Waals surface area contributed by atoms with E-state index in [1.165, 1.54) is 0 Å². The van der Waals surface area contributed by atoms with Crippen LogP contribution in [0.15, 0.2) is 16.7 Å². The summed E-state index contributed by atoms with van der Waals surface area (Å²) in [6.45, 7) is 5.80. The first kappa shape index (κ1) is 11.7. The van der Waals surface area contributed by atoms with Crippen molar-refractivity contribution < 1.29 is 4.74 Å². The Balaban J connectivity index is 2.25. The molecule has 0 radical (unpaired) electrons. The Kier molecular flexibility index (Phi) is 3.35. The number of nitrogens with zero attached hydrogens (tertiary/aromatic N) is 2. The van der Waals surface area contributed by atoms with Gasteiger partial charge in [-0.05, 0) is 41.9 Å². The number of anilines is 2. The number of hydrogen-bond acceptors (Lipinski definition) is 4. The molecule has 2 atom stereocenters. The number of nitrogen functional groups attached to an aromatic ring is 1. The Morgan fingerprint density at radius 3 is 2.62 bits per heavy atom. The van der Waals surface area contributed by atoms with Crippen molar-refractivity contribution in [3.63, 3.8) is 0 Å². The van der Waals surface area contributed by atoms with Crippen LogP contribution >= 0.6 is 15.9 Å². The first-order valence-electron chi connectivity index (χ1n) is 5.38. The predicted molar refractivity (Wildman–Crippen MR) is 68.6 cm³/mol. The lowest BCUT2D eigenvalue weighted by molar-refractivity contribution is -0.00541. The van der Waals surface area contributed by atoms with Gasteiger partial charge in [0.25, 0.3) is 0 Å². The Morgan fingerprint density at radius 1 is 1.38 bits per heavy atom. The lowest BCUT2D eigenvalue weighted by Gasteiger charge is -2.36. The highest BCUT2D eigenvalue weighted by molar-refractivity contribution is 9.10. The molecule has 0 aromatic carbocycles. The maximum Gasteiger partial charge on any atom is 0.153 e. The minimum absolute atomic E-state index is 0.212. The van der Waals surface area contributed by atoms with E-state index in [4.69, 9.17) is 10.5 Å². The van der Waals surface area contributed by atoms with Gasteiger partial charge < -0.3 is 15.4 Å². The third-order valence-corrected chi connectivity index (χ3v) is 3.03. The van der Waals surface area contributed by atoms with E-state index in [-0.39, 0.29) is 12.2 Å². The van der Waals surface area contributed by atoms with Gasteiger partial charge in [-0.2, -0.15) is 0 Å². The van der Waals surface area contributed by atoms with Gasteiger partial charge in [-0.15, -0.1) is 0 Å². The van der Waals surface area contributed by atoms with Gasteiger partial charge in [-0.25, -0.2) is 4.98 Å². The zero-order chi connectivity index (χ0) is 11.7. The van der Waals surface area contributed by atoms with Gasteiger partial charge in [-0.3, -0.25) is 0 Å². The SMILES string of the molecule is C[C@@H]1CN(c2nc(Br)ccc2N)C[C@H](C)O1. The van der Waals surface area contributed by atoms with Gasteiger partial charge in [0.2, 0.25) is 0 Å². The average molecular weight is 286 g/mol. The van der Waals surface area contributed by atoms with Crippen molar-refractivity contribution in [3.8, 4) is 0 Å². The number of morpholine rings is 1. The number of hydrogen-bond donors (Lipinski definition) is 1. The Morgan fingerprint density at radius 2 is 2.00 bits per heavy atom. The van der Waals surface area contributed by atoms with Crippen LogP contribution in [0.1, 0.15) is 13.8 Å². The van der Waals surface area contributed by atoms with Gasteiger partial charge in [0.15, 0.2) is 5.82 Å². The van der Waals surface area contributed by atoms with E-state index in [0.29, 0.717) is 5.69 Å². The molecule has 0 aliphatic carbocycles. The molecule has 0 amide bonds. The second-order valence-electron chi connectivity index (χ2n) is 4.21. The van der Waals surface area contributed by atoms with E-state index in [2.05, 4.69) is 39.7 Å². The molecule has 0 saturated carbocycles. The summed E-state index contributed by atoms with van der Waals surface area (Å²) in [6, 6.07) is 3.73. The number of halogens is 1. The molecule has 0 spiro atoms. The minimum atomic E-state index is 0.212. The Bertz CT molecular complexity index is 375. The van der Waals surface area contributed by atoms with Crippen molar-refractivity contribution in [2.45, 2.75) is 26.1 Å². The molecular formula is C11H16BrN3O.